The lowest BCUT2D eigenvalue weighted by Gasteiger charge is -2.26. The highest BCUT2D eigenvalue weighted by Crippen LogP contribution is 2.22. The van der Waals surface area contributed by atoms with Crippen molar-refractivity contribution in [3.8, 4) is 0 Å². The molecule has 0 aromatic heterocycles. The maximum atomic E-state index is 12.1. The van der Waals surface area contributed by atoms with Gasteiger partial charge in [0.2, 0.25) is 5.91 Å². The topological polar surface area (TPSA) is 59.6 Å². The molecule has 5 heteroatoms. The van der Waals surface area contributed by atoms with Gasteiger partial charge in [0.05, 0.1) is 18.8 Å². The summed E-state index contributed by atoms with van der Waals surface area (Å²) >= 11 is 0. The van der Waals surface area contributed by atoms with Crippen molar-refractivity contribution in [3.05, 3.63) is 0 Å². The van der Waals surface area contributed by atoms with E-state index in [1.165, 1.54) is 0 Å². The summed E-state index contributed by atoms with van der Waals surface area (Å²) in [6, 6.07) is 0. The standard InChI is InChI=1S/C13H26N2O3/c1-3-13(6-4-8-15-13)12(16)14-7-5-9-18-11-10-17-2/h15H,3-11H2,1-2H3,(H,14,16). The summed E-state index contributed by atoms with van der Waals surface area (Å²) in [5.74, 6) is 0.138. The molecule has 18 heavy (non-hydrogen) atoms. The van der Waals surface area contributed by atoms with Gasteiger partial charge in [0, 0.05) is 20.3 Å². The zero-order chi connectivity index (χ0) is 13.3. The second kappa shape index (κ2) is 8.45. The largest absolute Gasteiger partial charge is 0.382 e. The minimum absolute atomic E-state index is 0.138. The second-order valence-electron chi connectivity index (χ2n) is 4.68. The monoisotopic (exact) mass is 258 g/mol. The van der Waals surface area contributed by atoms with Crippen molar-refractivity contribution < 1.29 is 14.3 Å². The summed E-state index contributed by atoms with van der Waals surface area (Å²) in [4.78, 5) is 12.1. The Kier molecular flexibility index (Phi) is 7.23. The summed E-state index contributed by atoms with van der Waals surface area (Å²) in [6.07, 6.45) is 3.72. The molecule has 1 atom stereocenters. The molecule has 0 aromatic rings. The number of hydrogen-bond acceptors (Lipinski definition) is 4. The molecule has 0 spiro atoms. The SMILES string of the molecule is CCC1(C(=O)NCCCOCCOC)CCCN1. The zero-order valence-electron chi connectivity index (χ0n) is 11.6. The van der Waals surface area contributed by atoms with Crippen LogP contribution in [0.4, 0.5) is 0 Å². The summed E-state index contributed by atoms with van der Waals surface area (Å²) in [5.41, 5.74) is -0.323. The molecular formula is C13H26N2O3. The third-order valence-corrected chi connectivity index (χ3v) is 3.46. The normalized spacial score (nSPS) is 23.2. The number of hydrogen-bond donors (Lipinski definition) is 2. The Morgan fingerprint density at radius 1 is 1.39 bits per heavy atom. The number of carbonyl (C=O) groups is 1. The Bertz CT molecular complexity index is 240. The minimum Gasteiger partial charge on any atom is -0.382 e. The molecular weight excluding hydrogens is 232 g/mol. The van der Waals surface area contributed by atoms with Crippen LogP contribution in [0.5, 0.6) is 0 Å². The zero-order valence-corrected chi connectivity index (χ0v) is 11.6. The lowest BCUT2D eigenvalue weighted by Crippen LogP contribution is -2.53. The van der Waals surface area contributed by atoms with Crippen LogP contribution in [-0.2, 0) is 14.3 Å². The van der Waals surface area contributed by atoms with Gasteiger partial charge in [0.1, 0.15) is 0 Å². The second-order valence-corrected chi connectivity index (χ2v) is 4.68. The molecule has 0 radical (unpaired) electrons. The van der Waals surface area contributed by atoms with Gasteiger partial charge in [0.15, 0.2) is 0 Å². The molecule has 1 saturated heterocycles. The highest BCUT2D eigenvalue weighted by Gasteiger charge is 2.38. The molecule has 1 amide bonds. The fourth-order valence-electron chi connectivity index (χ4n) is 2.25. The van der Waals surface area contributed by atoms with Gasteiger partial charge in [-0.2, -0.15) is 0 Å². The van der Waals surface area contributed by atoms with Gasteiger partial charge in [-0.1, -0.05) is 6.92 Å². The van der Waals surface area contributed by atoms with Crippen molar-refractivity contribution >= 4 is 5.91 Å². The maximum absolute atomic E-state index is 12.1. The number of carbonyl (C=O) groups excluding carboxylic acids is 1. The molecule has 5 nitrogen and oxygen atoms in total. The molecule has 1 fully saturated rings. The molecule has 0 saturated carbocycles. The Morgan fingerprint density at radius 2 is 2.22 bits per heavy atom. The first kappa shape index (κ1) is 15.4. The van der Waals surface area contributed by atoms with Crippen LogP contribution in [-0.4, -0.2) is 51.5 Å². The quantitative estimate of drug-likeness (QED) is 0.597. The van der Waals surface area contributed by atoms with E-state index in [0.717, 1.165) is 32.2 Å². The highest BCUT2D eigenvalue weighted by molar-refractivity contribution is 5.86. The molecule has 1 heterocycles. The van der Waals surface area contributed by atoms with Gasteiger partial charge in [0.25, 0.3) is 0 Å². The first-order chi connectivity index (χ1) is 8.75. The Morgan fingerprint density at radius 3 is 2.83 bits per heavy atom. The Hall–Kier alpha value is -0.650. The van der Waals surface area contributed by atoms with Crippen molar-refractivity contribution in [3.63, 3.8) is 0 Å². The van der Waals surface area contributed by atoms with Gasteiger partial charge in [-0.3, -0.25) is 4.79 Å². The lowest BCUT2D eigenvalue weighted by atomic mass is 9.93. The van der Waals surface area contributed by atoms with Gasteiger partial charge in [-0.25, -0.2) is 0 Å². The van der Waals surface area contributed by atoms with E-state index in [-0.39, 0.29) is 11.4 Å². The van der Waals surface area contributed by atoms with Gasteiger partial charge in [-0.15, -0.1) is 0 Å². The number of rotatable bonds is 9. The predicted molar refractivity (Wildman–Crippen MR) is 70.6 cm³/mol. The fourth-order valence-corrected chi connectivity index (χ4v) is 2.25. The number of methoxy groups -OCH3 is 1. The van der Waals surface area contributed by atoms with Crippen LogP contribution in [0.1, 0.15) is 32.6 Å². The number of ether oxygens (including phenoxy) is 2. The van der Waals surface area contributed by atoms with Crippen molar-refractivity contribution in [2.24, 2.45) is 0 Å². The molecule has 1 unspecified atom stereocenters. The number of amides is 1. The van der Waals surface area contributed by atoms with Crippen molar-refractivity contribution in [2.75, 3.05) is 40.0 Å². The van der Waals surface area contributed by atoms with Crippen LogP contribution in [0.25, 0.3) is 0 Å². The lowest BCUT2D eigenvalue weighted by molar-refractivity contribution is -0.127. The Balaban J connectivity index is 2.09. The molecule has 106 valence electrons. The molecule has 0 aromatic carbocycles. The summed E-state index contributed by atoms with van der Waals surface area (Å²) in [6.45, 7) is 5.58. The summed E-state index contributed by atoms with van der Waals surface area (Å²) in [7, 11) is 1.66. The van der Waals surface area contributed by atoms with Crippen molar-refractivity contribution in [2.45, 2.75) is 38.1 Å². The van der Waals surface area contributed by atoms with Crippen LogP contribution < -0.4 is 10.6 Å². The van der Waals surface area contributed by atoms with Crippen LogP contribution in [0.15, 0.2) is 0 Å². The third kappa shape index (κ3) is 4.55. The fraction of sp³-hybridized carbons (Fsp3) is 0.923. The average molecular weight is 258 g/mol. The van der Waals surface area contributed by atoms with Gasteiger partial charge in [-0.05, 0) is 32.2 Å². The van der Waals surface area contributed by atoms with E-state index in [2.05, 4.69) is 17.6 Å². The third-order valence-electron chi connectivity index (χ3n) is 3.46. The van der Waals surface area contributed by atoms with E-state index in [1.807, 2.05) is 0 Å². The van der Waals surface area contributed by atoms with E-state index in [4.69, 9.17) is 9.47 Å². The number of nitrogens with one attached hydrogen (secondary N) is 2. The first-order valence-corrected chi connectivity index (χ1v) is 6.85. The molecule has 0 aliphatic carbocycles. The van der Waals surface area contributed by atoms with Crippen LogP contribution in [0, 0.1) is 0 Å². The van der Waals surface area contributed by atoms with Crippen molar-refractivity contribution in [1.29, 1.82) is 0 Å². The summed E-state index contributed by atoms with van der Waals surface area (Å²) in [5, 5.41) is 6.32. The van der Waals surface area contributed by atoms with Crippen molar-refractivity contribution in [1.82, 2.24) is 10.6 Å². The predicted octanol–water partition coefficient (Wildman–Crippen LogP) is 0.688. The molecule has 1 aliphatic rings. The molecule has 0 bridgehead atoms. The van der Waals surface area contributed by atoms with Gasteiger partial charge >= 0.3 is 0 Å². The molecule has 1 aliphatic heterocycles. The van der Waals surface area contributed by atoms with Crippen LogP contribution >= 0.6 is 0 Å². The molecule has 1 rings (SSSR count). The average Bonchev–Trinajstić information content (AvgIpc) is 2.87. The summed E-state index contributed by atoms with van der Waals surface area (Å²) < 4.78 is 10.2. The van der Waals surface area contributed by atoms with E-state index >= 15 is 0 Å². The van der Waals surface area contributed by atoms with E-state index in [1.54, 1.807) is 7.11 Å². The Labute approximate surface area is 110 Å². The van der Waals surface area contributed by atoms with Crippen LogP contribution in [0.3, 0.4) is 0 Å². The minimum atomic E-state index is -0.323. The maximum Gasteiger partial charge on any atom is 0.240 e. The van der Waals surface area contributed by atoms with Gasteiger partial charge < -0.3 is 20.1 Å². The van der Waals surface area contributed by atoms with E-state index in [9.17, 15) is 4.79 Å². The van der Waals surface area contributed by atoms with Crippen LogP contribution in [0.2, 0.25) is 0 Å². The van der Waals surface area contributed by atoms with E-state index in [0.29, 0.717) is 26.4 Å². The van der Waals surface area contributed by atoms with E-state index < -0.39 is 0 Å². The first-order valence-electron chi connectivity index (χ1n) is 6.85. The smallest absolute Gasteiger partial charge is 0.240 e. The highest BCUT2D eigenvalue weighted by atomic mass is 16.5. The molecule has 2 N–H and O–H groups in total.